The van der Waals surface area contributed by atoms with Gasteiger partial charge < -0.3 is 25.2 Å². The molecule has 1 aromatic heterocycles. The van der Waals surface area contributed by atoms with Crippen molar-refractivity contribution < 1.29 is 19.4 Å². The Balaban J connectivity index is 2.27. The number of nitrogens with zero attached hydrogens (tertiary/aromatic N) is 2. The zero-order valence-electron chi connectivity index (χ0n) is 12.3. The molecular formula is C14H21N3O4. The minimum atomic E-state index is -0.460. The van der Waals surface area contributed by atoms with Crippen LogP contribution in [0.4, 0.5) is 11.5 Å². The molecule has 0 amide bonds. The first-order valence-electron chi connectivity index (χ1n) is 6.99. The van der Waals surface area contributed by atoms with Crippen LogP contribution in [0.1, 0.15) is 24.2 Å². The first-order valence-corrected chi connectivity index (χ1v) is 6.99. The van der Waals surface area contributed by atoms with E-state index < -0.39 is 5.97 Å². The van der Waals surface area contributed by atoms with Gasteiger partial charge in [-0.25, -0.2) is 9.78 Å². The summed E-state index contributed by atoms with van der Waals surface area (Å²) >= 11 is 0. The third-order valence-electron chi connectivity index (χ3n) is 3.29. The summed E-state index contributed by atoms with van der Waals surface area (Å²) in [4.78, 5) is 18.1. The number of aliphatic hydroxyl groups is 1. The zero-order valence-corrected chi connectivity index (χ0v) is 12.3. The molecule has 7 heteroatoms. The summed E-state index contributed by atoms with van der Waals surface area (Å²) in [6.45, 7) is 4.95. The number of carbonyl (C=O) groups excluding carboxylic acids is 1. The average molecular weight is 295 g/mol. The molecule has 0 aromatic carbocycles. The fraction of sp³-hybridized carbons (Fsp3) is 0.571. The number of ether oxygens (including phenoxy) is 2. The van der Waals surface area contributed by atoms with Gasteiger partial charge in [-0.2, -0.15) is 0 Å². The van der Waals surface area contributed by atoms with E-state index in [4.69, 9.17) is 15.2 Å². The molecule has 1 saturated heterocycles. The third kappa shape index (κ3) is 3.43. The Morgan fingerprint density at radius 3 is 3.05 bits per heavy atom. The minimum absolute atomic E-state index is 0.0525. The summed E-state index contributed by atoms with van der Waals surface area (Å²) < 4.78 is 10.6. The van der Waals surface area contributed by atoms with E-state index in [1.165, 1.54) is 6.20 Å². The number of nitrogen functional groups attached to an aromatic ring is 1. The second-order valence-electron chi connectivity index (χ2n) is 4.97. The van der Waals surface area contributed by atoms with Gasteiger partial charge in [0.2, 0.25) is 0 Å². The van der Waals surface area contributed by atoms with Crippen molar-refractivity contribution in [1.82, 2.24) is 4.98 Å². The Bertz CT molecular complexity index is 509. The van der Waals surface area contributed by atoms with E-state index in [0.29, 0.717) is 30.2 Å². The van der Waals surface area contributed by atoms with Crippen molar-refractivity contribution in [3.63, 3.8) is 0 Å². The molecule has 21 heavy (non-hydrogen) atoms. The topological polar surface area (TPSA) is 97.9 Å². The Morgan fingerprint density at radius 1 is 1.62 bits per heavy atom. The zero-order chi connectivity index (χ0) is 15.4. The van der Waals surface area contributed by atoms with Crippen molar-refractivity contribution in [3.05, 3.63) is 17.8 Å². The van der Waals surface area contributed by atoms with Crippen molar-refractivity contribution >= 4 is 17.5 Å². The second-order valence-corrected chi connectivity index (χ2v) is 4.97. The number of morpholine rings is 1. The highest BCUT2D eigenvalue weighted by molar-refractivity contribution is 5.97. The number of hydrogen-bond donors (Lipinski definition) is 2. The third-order valence-corrected chi connectivity index (χ3v) is 3.29. The summed E-state index contributed by atoms with van der Waals surface area (Å²) in [7, 11) is 0. The van der Waals surface area contributed by atoms with Gasteiger partial charge in [-0.1, -0.05) is 0 Å². The Kier molecular flexibility index (Phi) is 4.98. The highest BCUT2D eigenvalue weighted by atomic mass is 16.5. The summed E-state index contributed by atoms with van der Waals surface area (Å²) in [6, 6.07) is 1.55. The maximum Gasteiger partial charge on any atom is 0.340 e. The molecule has 0 radical (unpaired) electrons. The minimum Gasteiger partial charge on any atom is -0.462 e. The van der Waals surface area contributed by atoms with E-state index >= 15 is 0 Å². The quantitative estimate of drug-likeness (QED) is 0.777. The standard InChI is InChI=1S/C14H21N3O4/c1-3-20-14(19)11-4-5-16-13(12(11)15)17-6-9(2)21-10(7-17)8-18/h4-5,9-10,18H,3,6-8,15H2,1-2H3. The van der Waals surface area contributed by atoms with Crippen molar-refractivity contribution in [1.29, 1.82) is 0 Å². The van der Waals surface area contributed by atoms with Gasteiger partial charge >= 0.3 is 5.97 Å². The molecule has 7 nitrogen and oxygen atoms in total. The van der Waals surface area contributed by atoms with E-state index in [9.17, 15) is 9.90 Å². The first kappa shape index (κ1) is 15.5. The molecule has 0 saturated carbocycles. The van der Waals surface area contributed by atoms with Crippen LogP contribution in [0, 0.1) is 0 Å². The monoisotopic (exact) mass is 295 g/mol. The van der Waals surface area contributed by atoms with E-state index in [1.807, 2.05) is 11.8 Å². The summed E-state index contributed by atoms with van der Waals surface area (Å²) in [6.07, 6.45) is 1.19. The molecule has 3 N–H and O–H groups in total. The van der Waals surface area contributed by atoms with Gasteiger partial charge in [0, 0.05) is 19.3 Å². The SMILES string of the molecule is CCOC(=O)c1ccnc(N2CC(C)OC(CO)C2)c1N. The lowest BCUT2D eigenvalue weighted by Crippen LogP contribution is -2.48. The molecule has 0 spiro atoms. The second kappa shape index (κ2) is 6.73. The molecule has 1 aliphatic heterocycles. The van der Waals surface area contributed by atoms with Gasteiger partial charge in [-0.3, -0.25) is 0 Å². The van der Waals surface area contributed by atoms with E-state index in [0.717, 1.165) is 0 Å². The molecule has 2 heterocycles. The molecule has 1 aromatic rings. The van der Waals surface area contributed by atoms with Crippen LogP contribution in [0.3, 0.4) is 0 Å². The number of carbonyl (C=O) groups is 1. The van der Waals surface area contributed by atoms with Crippen LogP contribution in [0.25, 0.3) is 0 Å². The number of esters is 1. The van der Waals surface area contributed by atoms with Gasteiger partial charge in [-0.15, -0.1) is 0 Å². The molecular weight excluding hydrogens is 274 g/mol. The van der Waals surface area contributed by atoms with Crippen LogP contribution in [0.5, 0.6) is 0 Å². The number of hydrogen-bond acceptors (Lipinski definition) is 7. The van der Waals surface area contributed by atoms with Crippen LogP contribution in [0.15, 0.2) is 12.3 Å². The van der Waals surface area contributed by atoms with Gasteiger partial charge in [0.25, 0.3) is 0 Å². The molecule has 1 aliphatic rings. The predicted molar refractivity (Wildman–Crippen MR) is 78.2 cm³/mol. The normalized spacial score (nSPS) is 22.1. The largest absolute Gasteiger partial charge is 0.462 e. The van der Waals surface area contributed by atoms with Crippen LogP contribution >= 0.6 is 0 Å². The van der Waals surface area contributed by atoms with Crippen molar-refractivity contribution in [2.45, 2.75) is 26.1 Å². The lowest BCUT2D eigenvalue weighted by molar-refractivity contribution is -0.0422. The lowest BCUT2D eigenvalue weighted by Gasteiger charge is -2.37. The fourth-order valence-corrected chi connectivity index (χ4v) is 2.42. The highest BCUT2D eigenvalue weighted by Gasteiger charge is 2.28. The van der Waals surface area contributed by atoms with Crippen LogP contribution < -0.4 is 10.6 Å². The summed E-state index contributed by atoms with van der Waals surface area (Å²) in [5.74, 6) is 0.0628. The Labute approximate surface area is 123 Å². The van der Waals surface area contributed by atoms with Gasteiger partial charge in [0.15, 0.2) is 5.82 Å². The van der Waals surface area contributed by atoms with E-state index in [2.05, 4.69) is 4.98 Å². The van der Waals surface area contributed by atoms with Crippen LogP contribution in [-0.4, -0.2) is 54.6 Å². The van der Waals surface area contributed by atoms with Gasteiger partial charge in [-0.05, 0) is 19.9 Å². The van der Waals surface area contributed by atoms with Gasteiger partial charge in [0.05, 0.1) is 36.7 Å². The molecule has 2 rings (SSSR count). The number of aliphatic hydroxyl groups excluding tert-OH is 1. The maximum atomic E-state index is 11.9. The molecule has 2 atom stereocenters. The van der Waals surface area contributed by atoms with Crippen molar-refractivity contribution in [2.75, 3.05) is 36.9 Å². The molecule has 116 valence electrons. The maximum absolute atomic E-state index is 11.9. The molecule has 1 fully saturated rings. The Morgan fingerprint density at radius 2 is 2.38 bits per heavy atom. The average Bonchev–Trinajstić information content (AvgIpc) is 2.47. The molecule has 2 unspecified atom stereocenters. The van der Waals surface area contributed by atoms with Crippen molar-refractivity contribution in [2.24, 2.45) is 0 Å². The van der Waals surface area contributed by atoms with E-state index in [1.54, 1.807) is 13.0 Å². The van der Waals surface area contributed by atoms with Crippen LogP contribution in [-0.2, 0) is 9.47 Å². The van der Waals surface area contributed by atoms with Crippen molar-refractivity contribution in [3.8, 4) is 0 Å². The Hall–Kier alpha value is -1.86. The van der Waals surface area contributed by atoms with Crippen LogP contribution in [0.2, 0.25) is 0 Å². The highest BCUT2D eigenvalue weighted by Crippen LogP contribution is 2.27. The number of nitrogens with two attached hydrogens (primary N) is 1. The molecule has 0 aliphatic carbocycles. The first-order chi connectivity index (χ1) is 10.1. The van der Waals surface area contributed by atoms with E-state index in [-0.39, 0.29) is 25.4 Å². The summed E-state index contributed by atoms with van der Waals surface area (Å²) in [5, 5.41) is 9.28. The fourth-order valence-electron chi connectivity index (χ4n) is 2.42. The van der Waals surface area contributed by atoms with Gasteiger partial charge in [0.1, 0.15) is 0 Å². The lowest BCUT2D eigenvalue weighted by atomic mass is 10.1. The number of aromatic nitrogens is 1. The number of pyridine rings is 1. The predicted octanol–water partition coefficient (Wildman–Crippen LogP) is 0.427. The number of anilines is 2. The summed E-state index contributed by atoms with van der Waals surface area (Å²) in [5.41, 5.74) is 6.67. The number of rotatable bonds is 4. The molecule has 0 bridgehead atoms. The smallest absolute Gasteiger partial charge is 0.340 e.